The molecule has 0 aromatic heterocycles. The molecule has 50 heavy (non-hydrogen) atoms. The van der Waals surface area contributed by atoms with Gasteiger partial charge in [0.15, 0.2) is 0 Å². The summed E-state index contributed by atoms with van der Waals surface area (Å²) in [5, 5.41) is 2.71. The first-order valence-electron chi connectivity index (χ1n) is 18.0. The number of nitrogens with zero attached hydrogens (tertiary/aromatic N) is 1. The summed E-state index contributed by atoms with van der Waals surface area (Å²) in [6, 6.07) is 30.7. The van der Waals surface area contributed by atoms with Gasteiger partial charge in [0.05, 0.1) is 0 Å². The van der Waals surface area contributed by atoms with E-state index in [4.69, 9.17) is 17.3 Å². The van der Waals surface area contributed by atoms with Gasteiger partial charge in [0.2, 0.25) is 0 Å². The molecule has 6 heteroatoms. The van der Waals surface area contributed by atoms with Crippen LogP contribution in [0.25, 0.3) is 0 Å². The first kappa shape index (κ1) is 44.1. The maximum atomic E-state index is 12.5. The lowest BCUT2D eigenvalue weighted by Gasteiger charge is -2.20. The zero-order valence-corrected chi connectivity index (χ0v) is 33.1. The normalized spacial score (nSPS) is 10.6. The van der Waals surface area contributed by atoms with Gasteiger partial charge in [0, 0.05) is 22.5 Å². The molecule has 0 fully saturated rings. The van der Waals surface area contributed by atoms with Crippen LogP contribution in [-0.2, 0) is 0 Å². The van der Waals surface area contributed by atoms with Gasteiger partial charge in [0.25, 0.3) is 11.1 Å². The lowest BCUT2D eigenvalue weighted by atomic mass is 9.92. The molecule has 0 saturated heterocycles. The molecule has 0 saturated carbocycles. The highest BCUT2D eigenvalue weighted by molar-refractivity contribution is 6.67. The van der Waals surface area contributed by atoms with E-state index in [1.54, 1.807) is 24.3 Å². The maximum Gasteiger partial charge on any atom is 0.255 e. The molecule has 4 aromatic rings. The van der Waals surface area contributed by atoms with E-state index in [2.05, 4.69) is 123 Å². The second-order valence-electron chi connectivity index (χ2n) is 13.4. The predicted molar refractivity (Wildman–Crippen MR) is 218 cm³/mol. The van der Waals surface area contributed by atoms with Crippen molar-refractivity contribution in [1.29, 1.82) is 0 Å². The third-order valence-corrected chi connectivity index (χ3v) is 8.63. The number of halogens is 1. The minimum Gasteiger partial charge on any atom is -0.398 e. The van der Waals surface area contributed by atoms with Crippen LogP contribution in [0.1, 0.15) is 143 Å². The molecule has 0 aliphatic heterocycles. The molecule has 5 nitrogen and oxygen atoms in total. The zero-order valence-electron chi connectivity index (χ0n) is 32.4. The highest BCUT2D eigenvalue weighted by Gasteiger charge is 2.16. The number of nitrogens with two attached hydrogens (primary N) is 1. The molecule has 0 bridgehead atoms. The van der Waals surface area contributed by atoms with Gasteiger partial charge in [-0.05, 0) is 89.3 Å². The van der Waals surface area contributed by atoms with Crippen molar-refractivity contribution in [3.05, 3.63) is 130 Å². The van der Waals surface area contributed by atoms with Crippen LogP contribution in [0.4, 0.5) is 11.4 Å². The van der Waals surface area contributed by atoms with Crippen LogP contribution in [0.2, 0.25) is 0 Å². The number of amides is 1. The molecule has 1 amide bonds. The number of hydrogen-bond donors (Lipinski definition) is 2. The van der Waals surface area contributed by atoms with E-state index in [-0.39, 0.29) is 5.91 Å². The van der Waals surface area contributed by atoms with Gasteiger partial charge >= 0.3 is 0 Å². The minimum absolute atomic E-state index is 0.0504. The molecular formula is C44H62ClN3O2. The van der Waals surface area contributed by atoms with Crippen LogP contribution in [0.3, 0.4) is 0 Å². The van der Waals surface area contributed by atoms with E-state index in [1.807, 2.05) is 36.4 Å². The minimum atomic E-state index is -0.407. The first-order chi connectivity index (χ1) is 23.7. The Labute approximate surface area is 308 Å². The number of benzene rings is 4. The smallest absolute Gasteiger partial charge is 0.255 e. The van der Waals surface area contributed by atoms with Gasteiger partial charge in [-0.2, -0.15) is 0 Å². The van der Waals surface area contributed by atoms with Crippen molar-refractivity contribution in [2.75, 3.05) is 30.7 Å². The van der Waals surface area contributed by atoms with Gasteiger partial charge in [-0.15, -0.1) is 0 Å². The standard InChI is InChI=1S/C19H23NO.C12H19N.C7H5ClO.C6H15N/c1-13(2)16-11-8-12-17(14(3)4)18(16)20-19(21)15-9-6-5-7-10-15;1-8(2)10-6-5-7-11(9(3)4)12(10)13;8-7(9)6-4-2-1-3-5-6;1-4-7(5-2)6-3/h5-14H,1-4H3,(H,20,21);5-9H,13H2,1-4H3;1-5H;4-6H2,1-3H3. The van der Waals surface area contributed by atoms with Crippen molar-refractivity contribution in [3.8, 4) is 0 Å². The fourth-order valence-electron chi connectivity index (χ4n) is 5.32. The molecule has 0 heterocycles. The first-order valence-corrected chi connectivity index (χ1v) is 18.4. The van der Waals surface area contributed by atoms with E-state index in [0.29, 0.717) is 34.8 Å². The largest absolute Gasteiger partial charge is 0.398 e. The fraction of sp³-hybridized carbons (Fsp3) is 0.409. The number of nitrogens with one attached hydrogen (secondary N) is 1. The number of rotatable bonds is 10. The Morgan fingerprint density at radius 1 is 0.560 bits per heavy atom. The van der Waals surface area contributed by atoms with E-state index < -0.39 is 5.24 Å². The van der Waals surface area contributed by atoms with E-state index in [0.717, 1.165) is 11.4 Å². The van der Waals surface area contributed by atoms with Crippen LogP contribution >= 0.6 is 11.6 Å². The van der Waals surface area contributed by atoms with E-state index >= 15 is 0 Å². The number of anilines is 2. The van der Waals surface area contributed by atoms with Gasteiger partial charge in [-0.3, -0.25) is 9.59 Å². The Hall–Kier alpha value is -3.93. The Bertz CT molecular complexity index is 1490. The fourth-order valence-corrected chi connectivity index (χ4v) is 5.45. The number of carbonyl (C=O) groups excluding carboxylic acids is 2. The van der Waals surface area contributed by atoms with Gasteiger partial charge in [-0.1, -0.05) is 161 Å². The van der Waals surface area contributed by atoms with Crippen LogP contribution in [0.15, 0.2) is 97.1 Å². The summed E-state index contributed by atoms with van der Waals surface area (Å²) in [6.07, 6.45) is 0. The molecule has 0 atom stereocenters. The van der Waals surface area contributed by atoms with Crippen LogP contribution in [0.5, 0.6) is 0 Å². The summed E-state index contributed by atoms with van der Waals surface area (Å²) in [7, 11) is 0. The van der Waals surface area contributed by atoms with Crippen molar-refractivity contribution < 1.29 is 9.59 Å². The predicted octanol–water partition coefficient (Wildman–Crippen LogP) is 12.1. The average Bonchev–Trinajstić information content (AvgIpc) is 3.10. The Morgan fingerprint density at radius 2 is 0.900 bits per heavy atom. The van der Waals surface area contributed by atoms with Gasteiger partial charge < -0.3 is 16.0 Å². The van der Waals surface area contributed by atoms with Crippen molar-refractivity contribution in [2.45, 2.75) is 99.8 Å². The summed E-state index contributed by atoms with van der Waals surface area (Å²) in [4.78, 5) is 25.2. The Morgan fingerprint density at radius 3 is 1.18 bits per heavy atom. The second-order valence-corrected chi connectivity index (χ2v) is 13.7. The molecule has 272 valence electrons. The Kier molecular flexibility index (Phi) is 20.7. The summed E-state index contributed by atoms with van der Waals surface area (Å²) >= 11 is 5.16. The molecule has 0 aliphatic rings. The van der Waals surface area contributed by atoms with Crippen molar-refractivity contribution in [3.63, 3.8) is 0 Å². The SMILES string of the molecule is CC(C)c1cccc(C(C)C)c1N.CC(C)c1cccc(C(C)C)c1NC(=O)c1ccccc1.CCN(CC)CC.O=C(Cl)c1ccccc1. The Balaban J connectivity index is 0.000000367. The van der Waals surface area contributed by atoms with E-state index in [9.17, 15) is 9.59 Å². The zero-order chi connectivity index (χ0) is 37.8. The molecule has 3 N–H and O–H groups in total. The number of para-hydroxylation sites is 2. The summed E-state index contributed by atoms with van der Waals surface area (Å²) < 4.78 is 0. The maximum absolute atomic E-state index is 12.5. The highest BCUT2D eigenvalue weighted by atomic mass is 35.5. The average molecular weight is 700 g/mol. The molecule has 0 spiro atoms. The van der Waals surface area contributed by atoms with Crippen molar-refractivity contribution in [2.24, 2.45) is 0 Å². The van der Waals surface area contributed by atoms with Crippen LogP contribution < -0.4 is 11.1 Å². The molecule has 0 aliphatic carbocycles. The van der Waals surface area contributed by atoms with E-state index in [1.165, 1.54) is 41.9 Å². The second kappa shape index (κ2) is 23.5. The van der Waals surface area contributed by atoms with Gasteiger partial charge in [-0.25, -0.2) is 0 Å². The molecular weight excluding hydrogens is 638 g/mol. The number of hydrogen-bond acceptors (Lipinski definition) is 4. The number of carbonyl (C=O) groups is 2. The van der Waals surface area contributed by atoms with Crippen molar-refractivity contribution >= 4 is 34.1 Å². The van der Waals surface area contributed by atoms with Crippen LogP contribution in [0, 0.1) is 0 Å². The summed E-state index contributed by atoms with van der Waals surface area (Å²) in [5.41, 5.74) is 14.2. The highest BCUT2D eigenvalue weighted by Crippen LogP contribution is 2.33. The summed E-state index contributed by atoms with van der Waals surface area (Å²) in [5.74, 6) is 1.72. The summed E-state index contributed by atoms with van der Waals surface area (Å²) in [6.45, 7) is 27.4. The molecule has 0 unspecified atom stereocenters. The number of nitrogen functional groups attached to an aromatic ring is 1. The lowest BCUT2D eigenvalue weighted by molar-refractivity contribution is 0.102. The monoisotopic (exact) mass is 699 g/mol. The van der Waals surface area contributed by atoms with Gasteiger partial charge in [0.1, 0.15) is 0 Å². The molecule has 4 aromatic carbocycles. The third kappa shape index (κ3) is 14.9. The third-order valence-electron chi connectivity index (χ3n) is 8.41. The van der Waals surface area contributed by atoms with Crippen LogP contribution in [-0.4, -0.2) is 35.7 Å². The van der Waals surface area contributed by atoms with Crippen molar-refractivity contribution in [1.82, 2.24) is 4.90 Å². The topological polar surface area (TPSA) is 75.4 Å². The molecule has 4 rings (SSSR count). The lowest BCUT2D eigenvalue weighted by Crippen LogP contribution is -2.21. The molecule has 0 radical (unpaired) electrons. The quantitative estimate of drug-likeness (QED) is 0.128.